The van der Waals surface area contributed by atoms with Crippen molar-refractivity contribution in [1.29, 1.82) is 0 Å². The monoisotopic (exact) mass is 173 g/mol. The molecule has 0 bridgehead atoms. The zero-order valence-corrected chi connectivity index (χ0v) is 7.72. The summed E-state index contributed by atoms with van der Waals surface area (Å²) in [6.07, 6.45) is 0.244. The van der Waals surface area contributed by atoms with Gasteiger partial charge in [-0.3, -0.25) is 4.79 Å². The normalized spacial score (nSPS) is 12.2. The van der Waals surface area contributed by atoms with Gasteiger partial charge in [0.2, 0.25) is 5.91 Å². The van der Waals surface area contributed by atoms with Crippen molar-refractivity contribution in [3.05, 3.63) is 0 Å². The highest BCUT2D eigenvalue weighted by atomic mass is 16.5. The number of methoxy groups -OCH3 is 1. The third-order valence-corrected chi connectivity index (χ3v) is 1.52. The fraction of sp³-hybridized carbons (Fsp3) is 0.750. The maximum atomic E-state index is 11.1. The largest absolute Gasteiger partial charge is 0.384 e. The van der Waals surface area contributed by atoms with Gasteiger partial charge in [-0.25, -0.2) is 0 Å². The van der Waals surface area contributed by atoms with Crippen LogP contribution in [0.1, 0.15) is 13.3 Å². The molecule has 0 saturated heterocycles. The standard InChI is InChI=1S/C8H15NO3/c1-6(10)4-7(5-12-3)8(11)9-2/h7H,4-5H2,1-3H3,(H,9,11)/t7-/m1/s1. The topological polar surface area (TPSA) is 55.4 Å². The first kappa shape index (κ1) is 11.1. The molecule has 70 valence electrons. The summed E-state index contributed by atoms with van der Waals surface area (Å²) in [5.41, 5.74) is 0. The number of ketones is 1. The second kappa shape index (κ2) is 5.71. The minimum absolute atomic E-state index is 0.000602. The summed E-state index contributed by atoms with van der Waals surface area (Å²) >= 11 is 0. The molecule has 0 aromatic carbocycles. The quantitative estimate of drug-likeness (QED) is 0.635. The fourth-order valence-corrected chi connectivity index (χ4v) is 0.980. The Hall–Kier alpha value is -0.900. The molecule has 1 amide bonds. The van der Waals surface area contributed by atoms with E-state index in [9.17, 15) is 9.59 Å². The van der Waals surface area contributed by atoms with Crippen molar-refractivity contribution in [2.24, 2.45) is 5.92 Å². The summed E-state index contributed by atoms with van der Waals surface area (Å²) < 4.78 is 4.81. The molecule has 0 aliphatic carbocycles. The molecule has 0 radical (unpaired) electrons. The summed E-state index contributed by atoms with van der Waals surface area (Å²) in [6, 6.07) is 0. The molecule has 4 heteroatoms. The summed E-state index contributed by atoms with van der Waals surface area (Å²) in [7, 11) is 3.06. The predicted octanol–water partition coefficient (Wildman–Crippen LogP) is -0.0259. The van der Waals surface area contributed by atoms with Crippen LogP contribution in [0.15, 0.2) is 0 Å². The molecule has 0 aromatic heterocycles. The smallest absolute Gasteiger partial charge is 0.225 e. The van der Waals surface area contributed by atoms with Gasteiger partial charge in [-0.05, 0) is 6.92 Å². The molecule has 1 atom stereocenters. The van der Waals surface area contributed by atoms with E-state index in [1.165, 1.54) is 14.0 Å². The van der Waals surface area contributed by atoms with Gasteiger partial charge < -0.3 is 14.8 Å². The van der Waals surface area contributed by atoms with Crippen LogP contribution >= 0.6 is 0 Å². The Bertz CT molecular complexity index is 168. The highest BCUT2D eigenvalue weighted by molar-refractivity contribution is 5.85. The van der Waals surface area contributed by atoms with Crippen LogP contribution in [0.3, 0.4) is 0 Å². The number of Topliss-reactive ketones (excluding diaryl/α,β-unsaturated/α-hetero) is 1. The molecule has 4 nitrogen and oxygen atoms in total. The molecular formula is C8H15NO3. The van der Waals surface area contributed by atoms with E-state index in [-0.39, 0.29) is 24.0 Å². The van der Waals surface area contributed by atoms with Crippen LogP contribution in [0, 0.1) is 5.92 Å². The lowest BCUT2D eigenvalue weighted by Crippen LogP contribution is -2.31. The highest BCUT2D eigenvalue weighted by Crippen LogP contribution is 2.04. The molecule has 0 aromatic rings. The number of hydrogen-bond donors (Lipinski definition) is 1. The van der Waals surface area contributed by atoms with Crippen molar-refractivity contribution in [2.45, 2.75) is 13.3 Å². The summed E-state index contributed by atoms with van der Waals surface area (Å²) in [5, 5.41) is 2.48. The van der Waals surface area contributed by atoms with Crippen LogP contribution in [0.5, 0.6) is 0 Å². The molecule has 0 rings (SSSR count). The molecule has 1 N–H and O–H groups in total. The molecule has 0 saturated carbocycles. The average molecular weight is 173 g/mol. The summed E-state index contributed by atoms with van der Waals surface area (Å²) in [6.45, 7) is 1.75. The van der Waals surface area contributed by atoms with Gasteiger partial charge in [0.25, 0.3) is 0 Å². The second-order valence-corrected chi connectivity index (χ2v) is 2.67. The molecule has 12 heavy (non-hydrogen) atoms. The van der Waals surface area contributed by atoms with Crippen LogP contribution in [-0.2, 0) is 14.3 Å². The maximum Gasteiger partial charge on any atom is 0.225 e. The number of nitrogens with one attached hydrogen (secondary N) is 1. The van der Waals surface area contributed by atoms with E-state index in [0.717, 1.165) is 0 Å². The Morgan fingerprint density at radius 1 is 1.50 bits per heavy atom. The molecule has 0 spiro atoms. The lowest BCUT2D eigenvalue weighted by Gasteiger charge is -2.11. The number of carbonyl (C=O) groups is 2. The van der Waals surface area contributed by atoms with Crippen molar-refractivity contribution in [3.63, 3.8) is 0 Å². The summed E-state index contributed by atoms with van der Waals surface area (Å²) in [5.74, 6) is -0.495. The van der Waals surface area contributed by atoms with Gasteiger partial charge in [0, 0.05) is 20.6 Å². The van der Waals surface area contributed by atoms with Crippen molar-refractivity contribution in [1.82, 2.24) is 5.32 Å². The van der Waals surface area contributed by atoms with E-state index in [4.69, 9.17) is 4.74 Å². The van der Waals surface area contributed by atoms with E-state index in [0.29, 0.717) is 6.61 Å². The Kier molecular flexibility index (Phi) is 5.28. The van der Waals surface area contributed by atoms with E-state index in [1.54, 1.807) is 7.05 Å². The van der Waals surface area contributed by atoms with Crippen LogP contribution in [0.4, 0.5) is 0 Å². The maximum absolute atomic E-state index is 11.1. The first-order chi connectivity index (χ1) is 5.61. The molecule has 0 fully saturated rings. The van der Waals surface area contributed by atoms with Crippen molar-refractivity contribution < 1.29 is 14.3 Å². The average Bonchev–Trinajstić information content (AvgIpc) is 2.01. The number of hydrogen-bond acceptors (Lipinski definition) is 3. The molecule has 0 unspecified atom stereocenters. The van der Waals surface area contributed by atoms with Gasteiger partial charge in [0.05, 0.1) is 12.5 Å². The van der Waals surface area contributed by atoms with Gasteiger partial charge in [-0.1, -0.05) is 0 Å². The van der Waals surface area contributed by atoms with Crippen molar-refractivity contribution in [2.75, 3.05) is 20.8 Å². The third-order valence-electron chi connectivity index (χ3n) is 1.52. The van der Waals surface area contributed by atoms with Gasteiger partial charge in [0.1, 0.15) is 5.78 Å². The van der Waals surface area contributed by atoms with Crippen LogP contribution in [-0.4, -0.2) is 32.5 Å². The van der Waals surface area contributed by atoms with Crippen LogP contribution < -0.4 is 5.32 Å². The number of carbonyl (C=O) groups excluding carboxylic acids is 2. The first-order valence-corrected chi connectivity index (χ1v) is 3.81. The van der Waals surface area contributed by atoms with Crippen LogP contribution in [0.2, 0.25) is 0 Å². The number of amides is 1. The number of rotatable bonds is 5. The van der Waals surface area contributed by atoms with Gasteiger partial charge in [-0.2, -0.15) is 0 Å². The van der Waals surface area contributed by atoms with Crippen LogP contribution in [0.25, 0.3) is 0 Å². The minimum atomic E-state index is -0.350. The third kappa shape index (κ3) is 4.08. The Labute approximate surface area is 72.3 Å². The molecular weight excluding hydrogens is 158 g/mol. The second-order valence-electron chi connectivity index (χ2n) is 2.67. The van der Waals surface area contributed by atoms with E-state index < -0.39 is 0 Å². The lowest BCUT2D eigenvalue weighted by atomic mass is 10.0. The Morgan fingerprint density at radius 2 is 2.08 bits per heavy atom. The van der Waals surface area contributed by atoms with Gasteiger partial charge in [0.15, 0.2) is 0 Å². The van der Waals surface area contributed by atoms with E-state index in [1.807, 2.05) is 0 Å². The zero-order chi connectivity index (χ0) is 9.56. The first-order valence-electron chi connectivity index (χ1n) is 3.81. The van der Waals surface area contributed by atoms with Crippen molar-refractivity contribution in [3.8, 4) is 0 Å². The molecule has 0 aliphatic rings. The fourth-order valence-electron chi connectivity index (χ4n) is 0.980. The lowest BCUT2D eigenvalue weighted by molar-refractivity contribution is -0.130. The van der Waals surface area contributed by atoms with E-state index in [2.05, 4.69) is 5.32 Å². The molecule has 0 heterocycles. The highest BCUT2D eigenvalue weighted by Gasteiger charge is 2.18. The Morgan fingerprint density at radius 3 is 2.42 bits per heavy atom. The summed E-state index contributed by atoms with van der Waals surface area (Å²) in [4.78, 5) is 21.8. The zero-order valence-electron chi connectivity index (χ0n) is 7.72. The minimum Gasteiger partial charge on any atom is -0.384 e. The van der Waals surface area contributed by atoms with Gasteiger partial charge >= 0.3 is 0 Å². The van der Waals surface area contributed by atoms with Gasteiger partial charge in [-0.15, -0.1) is 0 Å². The SMILES string of the molecule is CNC(=O)[C@@H](COC)CC(C)=O. The predicted molar refractivity (Wildman–Crippen MR) is 44.7 cm³/mol. The number of ether oxygens (including phenoxy) is 1. The van der Waals surface area contributed by atoms with E-state index >= 15 is 0 Å². The van der Waals surface area contributed by atoms with Crippen molar-refractivity contribution >= 4 is 11.7 Å². The Balaban J connectivity index is 4.02. The molecule has 0 aliphatic heterocycles.